The first-order chi connectivity index (χ1) is 9.33. The molecule has 0 radical (unpaired) electrons. The van der Waals surface area contributed by atoms with Crippen LogP contribution in [0.1, 0.15) is 10.7 Å². The normalized spacial score (nSPS) is 10.3. The molecule has 7 heteroatoms. The summed E-state index contributed by atoms with van der Waals surface area (Å²) in [4.78, 5) is 19.9. The molecule has 0 bridgehead atoms. The van der Waals surface area contributed by atoms with Crippen LogP contribution in [0.4, 0.5) is 5.69 Å². The van der Waals surface area contributed by atoms with Crippen molar-refractivity contribution in [2.24, 2.45) is 0 Å². The van der Waals surface area contributed by atoms with Crippen LogP contribution in [0, 0.1) is 0 Å². The lowest BCUT2D eigenvalue weighted by Gasteiger charge is -1.99. The molecular weight excluding hydrogens is 264 g/mol. The summed E-state index contributed by atoms with van der Waals surface area (Å²) in [7, 11) is 0. The predicted molar refractivity (Wildman–Crippen MR) is 69.8 cm³/mol. The number of anilines is 1. The van der Waals surface area contributed by atoms with Gasteiger partial charge in [-0.15, -0.1) is 11.3 Å². The third kappa shape index (κ3) is 2.50. The summed E-state index contributed by atoms with van der Waals surface area (Å²) < 4.78 is 4.91. The van der Waals surface area contributed by atoms with Crippen molar-refractivity contribution < 1.29 is 9.32 Å². The number of hydrogen-bond donors (Lipinski definition) is 1. The fourth-order valence-corrected chi connectivity index (χ4v) is 1.98. The minimum absolute atomic E-state index is 0.0909. The maximum Gasteiger partial charge on any atom is 0.316 e. The van der Waals surface area contributed by atoms with E-state index >= 15 is 0 Å². The van der Waals surface area contributed by atoms with Gasteiger partial charge in [-0.1, -0.05) is 23.4 Å². The molecular formula is C12H8N4O2S. The van der Waals surface area contributed by atoms with Crippen LogP contribution in [-0.4, -0.2) is 21.0 Å². The number of para-hydroxylation sites is 1. The molecule has 6 nitrogen and oxygen atoms in total. The SMILES string of the molecule is O=C(Nc1ccccc1)c1nc(-c2cscn2)no1. The smallest absolute Gasteiger partial charge is 0.316 e. The number of nitrogens with zero attached hydrogens (tertiary/aromatic N) is 3. The number of carbonyl (C=O) groups excluding carboxylic acids is 1. The molecule has 0 atom stereocenters. The second-order valence-electron chi connectivity index (χ2n) is 3.62. The van der Waals surface area contributed by atoms with Gasteiger partial charge in [0.15, 0.2) is 0 Å². The molecule has 0 saturated heterocycles. The topological polar surface area (TPSA) is 80.9 Å². The minimum atomic E-state index is -0.444. The Morgan fingerprint density at radius 1 is 1.26 bits per heavy atom. The summed E-state index contributed by atoms with van der Waals surface area (Å²) in [5.41, 5.74) is 2.92. The lowest BCUT2D eigenvalue weighted by molar-refractivity contribution is 0.0981. The Kier molecular flexibility index (Phi) is 3.03. The number of aromatic nitrogens is 3. The Balaban J connectivity index is 1.78. The highest BCUT2D eigenvalue weighted by molar-refractivity contribution is 7.07. The number of nitrogens with one attached hydrogen (secondary N) is 1. The Morgan fingerprint density at radius 2 is 2.11 bits per heavy atom. The lowest BCUT2D eigenvalue weighted by Crippen LogP contribution is -2.12. The van der Waals surface area contributed by atoms with Gasteiger partial charge in [0.1, 0.15) is 5.69 Å². The summed E-state index contributed by atoms with van der Waals surface area (Å²) in [5.74, 6) is -0.230. The molecule has 0 aliphatic rings. The van der Waals surface area contributed by atoms with E-state index < -0.39 is 5.91 Å². The molecule has 2 aromatic heterocycles. The molecule has 94 valence electrons. The standard InChI is InChI=1S/C12H8N4O2S/c17-11(14-8-4-2-1-3-5-8)12-15-10(16-18-12)9-6-19-7-13-9/h1-7H,(H,14,17). The first-order valence-corrected chi connectivity index (χ1v) is 6.36. The second kappa shape index (κ2) is 4.99. The van der Waals surface area contributed by atoms with E-state index in [4.69, 9.17) is 4.52 Å². The van der Waals surface area contributed by atoms with E-state index in [2.05, 4.69) is 20.4 Å². The first kappa shape index (κ1) is 11.5. The number of rotatable bonds is 3. The second-order valence-corrected chi connectivity index (χ2v) is 4.34. The van der Waals surface area contributed by atoms with Crippen LogP contribution in [0.25, 0.3) is 11.5 Å². The van der Waals surface area contributed by atoms with Crippen molar-refractivity contribution in [3.05, 3.63) is 47.1 Å². The third-order valence-corrected chi connectivity index (χ3v) is 2.90. The van der Waals surface area contributed by atoms with E-state index in [0.29, 0.717) is 17.2 Å². The van der Waals surface area contributed by atoms with Crippen LogP contribution < -0.4 is 5.32 Å². The highest BCUT2D eigenvalue weighted by Crippen LogP contribution is 2.15. The zero-order chi connectivity index (χ0) is 13.1. The Labute approximate surface area is 112 Å². The van der Waals surface area contributed by atoms with Gasteiger partial charge in [0.2, 0.25) is 5.82 Å². The van der Waals surface area contributed by atoms with Crippen molar-refractivity contribution in [3.63, 3.8) is 0 Å². The summed E-state index contributed by atoms with van der Waals surface area (Å²) >= 11 is 1.42. The number of benzene rings is 1. The van der Waals surface area contributed by atoms with Crippen molar-refractivity contribution in [2.75, 3.05) is 5.32 Å². The van der Waals surface area contributed by atoms with E-state index in [0.717, 1.165) is 0 Å². The fraction of sp³-hybridized carbons (Fsp3) is 0. The van der Waals surface area contributed by atoms with E-state index in [1.54, 1.807) is 23.0 Å². The van der Waals surface area contributed by atoms with Gasteiger partial charge in [-0.05, 0) is 12.1 Å². The Morgan fingerprint density at radius 3 is 2.84 bits per heavy atom. The van der Waals surface area contributed by atoms with Gasteiger partial charge in [0, 0.05) is 11.1 Å². The zero-order valence-electron chi connectivity index (χ0n) is 9.61. The molecule has 0 fully saturated rings. The van der Waals surface area contributed by atoms with Gasteiger partial charge in [-0.3, -0.25) is 4.79 Å². The summed E-state index contributed by atoms with van der Waals surface area (Å²) in [5, 5.41) is 8.16. The summed E-state index contributed by atoms with van der Waals surface area (Å²) in [6, 6.07) is 9.06. The number of carbonyl (C=O) groups is 1. The summed E-state index contributed by atoms with van der Waals surface area (Å²) in [6.07, 6.45) is 0. The maximum absolute atomic E-state index is 11.9. The van der Waals surface area contributed by atoms with Crippen LogP contribution in [0.5, 0.6) is 0 Å². The monoisotopic (exact) mass is 272 g/mol. The average Bonchev–Trinajstić information content (AvgIpc) is 3.11. The fourth-order valence-electron chi connectivity index (χ4n) is 1.45. The van der Waals surface area contributed by atoms with Gasteiger partial charge in [-0.2, -0.15) is 4.98 Å². The van der Waals surface area contributed by atoms with E-state index in [-0.39, 0.29) is 5.89 Å². The van der Waals surface area contributed by atoms with Crippen LogP contribution in [0.3, 0.4) is 0 Å². The Hall–Kier alpha value is -2.54. The van der Waals surface area contributed by atoms with Crippen LogP contribution in [0.15, 0.2) is 45.7 Å². The number of amides is 1. The van der Waals surface area contributed by atoms with Crippen molar-refractivity contribution in [1.29, 1.82) is 0 Å². The van der Waals surface area contributed by atoms with Crippen molar-refractivity contribution in [1.82, 2.24) is 15.1 Å². The first-order valence-electron chi connectivity index (χ1n) is 5.41. The number of hydrogen-bond acceptors (Lipinski definition) is 6. The van der Waals surface area contributed by atoms with Crippen LogP contribution in [0.2, 0.25) is 0 Å². The average molecular weight is 272 g/mol. The zero-order valence-corrected chi connectivity index (χ0v) is 10.4. The van der Waals surface area contributed by atoms with E-state index in [9.17, 15) is 4.79 Å². The van der Waals surface area contributed by atoms with Crippen molar-refractivity contribution in [2.45, 2.75) is 0 Å². The van der Waals surface area contributed by atoms with Gasteiger partial charge in [-0.25, -0.2) is 4.98 Å². The van der Waals surface area contributed by atoms with Crippen molar-refractivity contribution in [3.8, 4) is 11.5 Å². The molecule has 0 saturated carbocycles. The molecule has 0 aliphatic heterocycles. The summed E-state index contributed by atoms with van der Waals surface area (Å²) in [6.45, 7) is 0. The molecule has 1 aromatic carbocycles. The predicted octanol–water partition coefficient (Wildman–Crippen LogP) is 2.45. The highest BCUT2D eigenvalue weighted by atomic mass is 32.1. The molecule has 3 rings (SSSR count). The molecule has 1 N–H and O–H groups in total. The molecule has 0 aliphatic carbocycles. The van der Waals surface area contributed by atoms with Gasteiger partial charge in [0.25, 0.3) is 0 Å². The highest BCUT2D eigenvalue weighted by Gasteiger charge is 2.16. The molecule has 1 amide bonds. The molecule has 0 unspecified atom stereocenters. The molecule has 2 heterocycles. The minimum Gasteiger partial charge on any atom is -0.328 e. The quantitative estimate of drug-likeness (QED) is 0.792. The molecule has 19 heavy (non-hydrogen) atoms. The maximum atomic E-state index is 11.9. The van der Waals surface area contributed by atoms with Gasteiger partial charge >= 0.3 is 11.8 Å². The lowest BCUT2D eigenvalue weighted by atomic mass is 10.3. The van der Waals surface area contributed by atoms with E-state index in [1.165, 1.54) is 11.3 Å². The van der Waals surface area contributed by atoms with E-state index in [1.807, 2.05) is 18.2 Å². The van der Waals surface area contributed by atoms with Crippen molar-refractivity contribution >= 4 is 22.9 Å². The van der Waals surface area contributed by atoms with Crippen LogP contribution in [-0.2, 0) is 0 Å². The van der Waals surface area contributed by atoms with Crippen LogP contribution >= 0.6 is 11.3 Å². The Bertz CT molecular complexity index is 679. The molecule has 0 spiro atoms. The molecule has 3 aromatic rings. The van der Waals surface area contributed by atoms with Gasteiger partial charge < -0.3 is 9.84 Å². The van der Waals surface area contributed by atoms with Gasteiger partial charge in [0.05, 0.1) is 5.51 Å². The number of thiazole rings is 1. The largest absolute Gasteiger partial charge is 0.328 e. The third-order valence-electron chi connectivity index (χ3n) is 2.31.